The van der Waals surface area contributed by atoms with Gasteiger partial charge in [-0.3, -0.25) is 4.79 Å². The van der Waals surface area contributed by atoms with Crippen molar-refractivity contribution in [2.45, 2.75) is 13.8 Å². The second-order valence-electron chi connectivity index (χ2n) is 5.48. The molecule has 7 heteroatoms. The lowest BCUT2D eigenvalue weighted by molar-refractivity contribution is 0.102. The summed E-state index contributed by atoms with van der Waals surface area (Å²) in [5, 5.41) is 11.3. The van der Waals surface area contributed by atoms with E-state index in [1.54, 1.807) is 24.3 Å². The molecule has 0 fully saturated rings. The molecule has 24 heavy (non-hydrogen) atoms. The highest BCUT2D eigenvalue weighted by atomic mass is 35.5. The van der Waals surface area contributed by atoms with Crippen molar-refractivity contribution in [3.63, 3.8) is 0 Å². The van der Waals surface area contributed by atoms with E-state index in [0.29, 0.717) is 16.4 Å². The zero-order valence-corrected chi connectivity index (χ0v) is 14.0. The molecule has 3 N–H and O–H groups in total. The lowest BCUT2D eigenvalue weighted by atomic mass is 10.1. The van der Waals surface area contributed by atoms with Crippen LogP contribution < -0.4 is 11.1 Å². The number of nitrogens with one attached hydrogen (secondary N) is 1. The van der Waals surface area contributed by atoms with Gasteiger partial charge in [-0.15, -0.1) is 5.10 Å². The number of anilines is 2. The van der Waals surface area contributed by atoms with Crippen LogP contribution in [0.4, 0.5) is 11.5 Å². The third kappa shape index (κ3) is 3.09. The van der Waals surface area contributed by atoms with Gasteiger partial charge in [0.15, 0.2) is 11.5 Å². The molecular formula is C17H16ClN5O. The number of nitrogens with two attached hydrogens (primary N) is 1. The molecule has 0 atom stereocenters. The molecule has 0 aliphatic carbocycles. The molecule has 1 aromatic heterocycles. The number of nitrogen functional groups attached to an aromatic ring is 1. The predicted octanol–water partition coefficient (Wildman–Crippen LogP) is 3.37. The number of carbonyl (C=O) groups excluding carboxylic acids is 1. The fourth-order valence-electron chi connectivity index (χ4n) is 2.36. The molecular weight excluding hydrogens is 326 g/mol. The fourth-order valence-corrected chi connectivity index (χ4v) is 2.49. The first-order valence-electron chi connectivity index (χ1n) is 7.31. The van der Waals surface area contributed by atoms with Gasteiger partial charge in [-0.2, -0.15) is 4.68 Å². The summed E-state index contributed by atoms with van der Waals surface area (Å²) in [5.74, 6) is -0.237. The van der Waals surface area contributed by atoms with Gasteiger partial charge >= 0.3 is 0 Å². The number of rotatable bonds is 3. The molecule has 0 unspecified atom stereocenters. The highest BCUT2D eigenvalue weighted by molar-refractivity contribution is 6.30. The maximum atomic E-state index is 12.4. The Kier molecular flexibility index (Phi) is 4.22. The fraction of sp³-hybridized carbons (Fsp3) is 0.118. The van der Waals surface area contributed by atoms with Crippen molar-refractivity contribution in [3.8, 4) is 5.69 Å². The van der Waals surface area contributed by atoms with E-state index in [9.17, 15) is 4.79 Å². The molecule has 2 aromatic carbocycles. The standard InChI is InChI=1S/C17H16ClN5O/c1-10-3-8-14(11(2)9-10)20-17(24)15-16(19)23(22-21-15)13-6-4-12(18)5-7-13/h3-9H,19H2,1-2H3,(H,20,24). The quantitative estimate of drug-likeness (QED) is 0.764. The van der Waals surface area contributed by atoms with Gasteiger partial charge in [-0.25, -0.2) is 0 Å². The van der Waals surface area contributed by atoms with E-state index >= 15 is 0 Å². The molecule has 6 nitrogen and oxygen atoms in total. The topological polar surface area (TPSA) is 85.8 Å². The van der Waals surface area contributed by atoms with Crippen LogP contribution in [0.2, 0.25) is 5.02 Å². The molecule has 0 bridgehead atoms. The number of hydrogen-bond acceptors (Lipinski definition) is 4. The van der Waals surface area contributed by atoms with Crippen LogP contribution in [0.3, 0.4) is 0 Å². The summed E-state index contributed by atoms with van der Waals surface area (Å²) in [6.45, 7) is 3.92. The van der Waals surface area contributed by atoms with Gasteiger partial charge in [-0.1, -0.05) is 34.5 Å². The Labute approximate surface area is 144 Å². The van der Waals surface area contributed by atoms with Crippen LogP contribution in [0, 0.1) is 13.8 Å². The van der Waals surface area contributed by atoms with Gasteiger partial charge in [-0.05, 0) is 49.7 Å². The number of amides is 1. The molecule has 0 spiro atoms. The van der Waals surface area contributed by atoms with Crippen molar-refractivity contribution >= 4 is 29.0 Å². The summed E-state index contributed by atoms with van der Waals surface area (Å²) in [5.41, 5.74) is 9.59. The number of halogens is 1. The minimum atomic E-state index is -0.403. The van der Waals surface area contributed by atoms with E-state index in [2.05, 4.69) is 15.6 Å². The van der Waals surface area contributed by atoms with Gasteiger partial charge in [0.2, 0.25) is 0 Å². The lowest BCUT2D eigenvalue weighted by Crippen LogP contribution is -2.15. The summed E-state index contributed by atoms with van der Waals surface area (Å²) in [7, 11) is 0. The first-order valence-corrected chi connectivity index (χ1v) is 7.69. The predicted molar refractivity (Wildman–Crippen MR) is 94.7 cm³/mol. The van der Waals surface area contributed by atoms with Crippen LogP contribution in [0.15, 0.2) is 42.5 Å². The van der Waals surface area contributed by atoms with Gasteiger partial charge in [0.25, 0.3) is 5.91 Å². The summed E-state index contributed by atoms with van der Waals surface area (Å²) in [6, 6.07) is 12.7. The lowest BCUT2D eigenvalue weighted by Gasteiger charge is -2.08. The number of aromatic nitrogens is 3. The van der Waals surface area contributed by atoms with Crippen LogP contribution in [0.1, 0.15) is 21.6 Å². The van der Waals surface area contributed by atoms with E-state index in [1.807, 2.05) is 32.0 Å². The second-order valence-corrected chi connectivity index (χ2v) is 5.92. The smallest absolute Gasteiger partial charge is 0.280 e. The van der Waals surface area contributed by atoms with Crippen molar-refractivity contribution < 1.29 is 4.79 Å². The molecule has 1 amide bonds. The van der Waals surface area contributed by atoms with Crippen molar-refractivity contribution in [2.75, 3.05) is 11.1 Å². The van der Waals surface area contributed by atoms with Crippen LogP contribution in [0.25, 0.3) is 5.69 Å². The SMILES string of the molecule is Cc1ccc(NC(=O)c2nnn(-c3ccc(Cl)cc3)c2N)c(C)c1. The van der Waals surface area contributed by atoms with E-state index < -0.39 is 5.91 Å². The Hall–Kier alpha value is -2.86. The molecule has 0 aliphatic rings. The van der Waals surface area contributed by atoms with Crippen LogP contribution in [0.5, 0.6) is 0 Å². The molecule has 0 saturated heterocycles. The minimum Gasteiger partial charge on any atom is -0.382 e. The normalized spacial score (nSPS) is 10.6. The van der Waals surface area contributed by atoms with Crippen molar-refractivity contribution in [2.24, 2.45) is 0 Å². The number of benzene rings is 2. The monoisotopic (exact) mass is 341 g/mol. The second kappa shape index (κ2) is 6.33. The maximum absolute atomic E-state index is 12.4. The van der Waals surface area contributed by atoms with E-state index in [4.69, 9.17) is 17.3 Å². The Morgan fingerprint density at radius 2 is 1.88 bits per heavy atom. The van der Waals surface area contributed by atoms with E-state index in [0.717, 1.165) is 11.1 Å². The molecule has 122 valence electrons. The van der Waals surface area contributed by atoms with Crippen molar-refractivity contribution in [1.82, 2.24) is 15.0 Å². The highest BCUT2D eigenvalue weighted by Gasteiger charge is 2.19. The largest absolute Gasteiger partial charge is 0.382 e. The first-order chi connectivity index (χ1) is 11.5. The van der Waals surface area contributed by atoms with E-state index in [1.165, 1.54) is 4.68 Å². The molecule has 1 heterocycles. The highest BCUT2D eigenvalue weighted by Crippen LogP contribution is 2.20. The number of carbonyl (C=O) groups is 1. The Balaban J connectivity index is 1.87. The van der Waals surface area contributed by atoms with Crippen LogP contribution >= 0.6 is 11.6 Å². The Morgan fingerprint density at radius 3 is 2.54 bits per heavy atom. The molecule has 0 radical (unpaired) electrons. The first kappa shape index (κ1) is 16.0. The third-order valence-electron chi connectivity index (χ3n) is 3.62. The third-order valence-corrected chi connectivity index (χ3v) is 3.87. The van der Waals surface area contributed by atoms with Gasteiger partial charge in [0.1, 0.15) is 0 Å². The maximum Gasteiger partial charge on any atom is 0.280 e. The Morgan fingerprint density at radius 1 is 1.17 bits per heavy atom. The Bertz CT molecular complexity index is 902. The molecule has 3 aromatic rings. The molecule has 3 rings (SSSR count). The number of aryl methyl sites for hydroxylation is 2. The summed E-state index contributed by atoms with van der Waals surface area (Å²) in [6.07, 6.45) is 0. The number of nitrogens with zero attached hydrogens (tertiary/aromatic N) is 3. The summed E-state index contributed by atoms with van der Waals surface area (Å²) in [4.78, 5) is 12.4. The average Bonchev–Trinajstić information content (AvgIpc) is 2.92. The summed E-state index contributed by atoms with van der Waals surface area (Å²) < 4.78 is 1.40. The summed E-state index contributed by atoms with van der Waals surface area (Å²) >= 11 is 5.87. The molecule has 0 saturated carbocycles. The van der Waals surface area contributed by atoms with Crippen molar-refractivity contribution in [3.05, 3.63) is 64.3 Å². The zero-order valence-electron chi connectivity index (χ0n) is 13.2. The average molecular weight is 342 g/mol. The minimum absolute atomic E-state index is 0.0740. The van der Waals surface area contributed by atoms with E-state index in [-0.39, 0.29) is 11.5 Å². The zero-order chi connectivity index (χ0) is 17.3. The van der Waals surface area contributed by atoms with Gasteiger partial charge in [0.05, 0.1) is 5.69 Å². The van der Waals surface area contributed by atoms with Crippen LogP contribution in [-0.4, -0.2) is 20.9 Å². The van der Waals surface area contributed by atoms with Gasteiger partial charge < -0.3 is 11.1 Å². The van der Waals surface area contributed by atoms with Crippen LogP contribution in [-0.2, 0) is 0 Å². The van der Waals surface area contributed by atoms with Gasteiger partial charge in [0, 0.05) is 10.7 Å². The number of hydrogen-bond donors (Lipinski definition) is 2. The van der Waals surface area contributed by atoms with Crippen molar-refractivity contribution in [1.29, 1.82) is 0 Å². The molecule has 0 aliphatic heterocycles.